The van der Waals surface area contributed by atoms with E-state index in [2.05, 4.69) is 34.0 Å². The Kier molecular flexibility index (Phi) is 5.21. The first-order valence-electron chi connectivity index (χ1n) is 7.14. The molecule has 116 valence electrons. The Morgan fingerprint density at radius 2 is 1.95 bits per heavy atom. The minimum Gasteiger partial charge on any atom is -0.372 e. The van der Waals surface area contributed by atoms with Gasteiger partial charge in [0.25, 0.3) is 5.56 Å². The molecular formula is C15H19N5OS. The molecule has 1 heterocycles. The summed E-state index contributed by atoms with van der Waals surface area (Å²) in [5, 5.41) is 10.5. The number of aryl methyl sites for hydroxylation is 1. The molecule has 6 nitrogen and oxygen atoms in total. The second kappa shape index (κ2) is 7.13. The van der Waals surface area contributed by atoms with Crippen LogP contribution >= 0.6 is 12.2 Å². The molecule has 0 saturated carbocycles. The number of nitrogens with one attached hydrogen (secondary N) is 1. The van der Waals surface area contributed by atoms with Crippen molar-refractivity contribution >= 4 is 24.1 Å². The summed E-state index contributed by atoms with van der Waals surface area (Å²) in [5.74, 6) is 0. The zero-order valence-electron chi connectivity index (χ0n) is 12.9. The fraction of sp³-hybridized carbons (Fsp3) is 0.333. The number of nitrogens with zero attached hydrogens (tertiary/aromatic N) is 4. The molecule has 1 aromatic carbocycles. The molecule has 0 unspecified atom stereocenters. The van der Waals surface area contributed by atoms with Gasteiger partial charge in [-0.05, 0) is 50.7 Å². The predicted molar refractivity (Wildman–Crippen MR) is 91.4 cm³/mol. The summed E-state index contributed by atoms with van der Waals surface area (Å²) in [6.45, 7) is 7.78. The first kappa shape index (κ1) is 16.1. The lowest BCUT2D eigenvalue weighted by molar-refractivity contribution is 0.720. The van der Waals surface area contributed by atoms with E-state index >= 15 is 0 Å². The number of aromatic nitrogens is 3. The molecule has 0 aliphatic rings. The van der Waals surface area contributed by atoms with E-state index in [1.807, 2.05) is 24.3 Å². The highest BCUT2D eigenvalue weighted by Gasteiger charge is 2.02. The van der Waals surface area contributed by atoms with Gasteiger partial charge in [-0.3, -0.25) is 9.89 Å². The minimum atomic E-state index is -0.320. The Morgan fingerprint density at radius 1 is 1.32 bits per heavy atom. The van der Waals surface area contributed by atoms with Crippen LogP contribution in [0.5, 0.6) is 0 Å². The van der Waals surface area contributed by atoms with Gasteiger partial charge in [-0.25, -0.2) is 0 Å². The maximum absolute atomic E-state index is 11.9. The number of benzene rings is 1. The van der Waals surface area contributed by atoms with E-state index in [0.29, 0.717) is 5.69 Å². The highest BCUT2D eigenvalue weighted by molar-refractivity contribution is 7.71. The van der Waals surface area contributed by atoms with Gasteiger partial charge < -0.3 is 4.90 Å². The molecular weight excluding hydrogens is 298 g/mol. The molecule has 1 aromatic heterocycles. The van der Waals surface area contributed by atoms with Crippen molar-refractivity contribution in [1.29, 1.82) is 0 Å². The number of hydrogen-bond donors (Lipinski definition) is 1. The number of H-pyrrole nitrogens is 1. The number of hydrogen-bond acceptors (Lipinski definition) is 5. The van der Waals surface area contributed by atoms with Gasteiger partial charge in [0.1, 0.15) is 5.69 Å². The van der Waals surface area contributed by atoms with E-state index in [-0.39, 0.29) is 10.3 Å². The Morgan fingerprint density at radius 3 is 2.55 bits per heavy atom. The fourth-order valence-electron chi connectivity index (χ4n) is 2.06. The molecule has 22 heavy (non-hydrogen) atoms. The zero-order valence-corrected chi connectivity index (χ0v) is 13.7. The average molecular weight is 317 g/mol. The largest absolute Gasteiger partial charge is 0.372 e. The van der Waals surface area contributed by atoms with Crippen molar-refractivity contribution in [3.05, 3.63) is 50.6 Å². The molecule has 0 fully saturated rings. The van der Waals surface area contributed by atoms with Crippen molar-refractivity contribution in [2.24, 2.45) is 5.10 Å². The van der Waals surface area contributed by atoms with Crippen LogP contribution in [0.4, 0.5) is 5.69 Å². The summed E-state index contributed by atoms with van der Waals surface area (Å²) in [5.41, 5.74) is 2.06. The Hall–Kier alpha value is -2.28. The maximum Gasteiger partial charge on any atom is 0.296 e. The third kappa shape index (κ3) is 3.48. The molecule has 0 radical (unpaired) electrons. The van der Waals surface area contributed by atoms with Crippen LogP contribution in [0.1, 0.15) is 25.1 Å². The van der Waals surface area contributed by atoms with Crippen LogP contribution in [0, 0.1) is 11.7 Å². The van der Waals surface area contributed by atoms with Gasteiger partial charge >= 0.3 is 0 Å². The maximum atomic E-state index is 11.9. The number of rotatable bonds is 5. The van der Waals surface area contributed by atoms with E-state index in [4.69, 9.17) is 12.2 Å². The topological polar surface area (TPSA) is 66.3 Å². The van der Waals surface area contributed by atoms with Gasteiger partial charge in [-0.1, -0.05) is 12.1 Å². The van der Waals surface area contributed by atoms with Crippen molar-refractivity contribution in [2.75, 3.05) is 18.0 Å². The molecule has 2 rings (SSSR count). The van der Waals surface area contributed by atoms with Gasteiger partial charge in [0.2, 0.25) is 4.77 Å². The van der Waals surface area contributed by atoms with Crippen molar-refractivity contribution in [3.63, 3.8) is 0 Å². The van der Waals surface area contributed by atoms with E-state index in [0.717, 1.165) is 29.0 Å². The first-order chi connectivity index (χ1) is 10.6. The van der Waals surface area contributed by atoms with Gasteiger partial charge in [-0.15, -0.1) is 0 Å². The van der Waals surface area contributed by atoms with Gasteiger partial charge in [0.05, 0.1) is 6.21 Å². The van der Waals surface area contributed by atoms with Crippen LogP contribution in [0.15, 0.2) is 34.2 Å². The SMILES string of the molecule is CCN(CC)c1ccc(C=Nn2c(=S)[nH]nc(C)c2=O)cc1. The smallest absolute Gasteiger partial charge is 0.296 e. The summed E-state index contributed by atoms with van der Waals surface area (Å²) in [4.78, 5) is 14.2. The van der Waals surface area contributed by atoms with Crippen LogP contribution in [-0.4, -0.2) is 34.2 Å². The number of anilines is 1. The molecule has 0 aliphatic heterocycles. The zero-order chi connectivity index (χ0) is 16.1. The monoisotopic (exact) mass is 317 g/mol. The summed E-state index contributed by atoms with van der Waals surface area (Å²) >= 11 is 5.03. The van der Waals surface area contributed by atoms with Crippen molar-refractivity contribution < 1.29 is 0 Å². The van der Waals surface area contributed by atoms with Crippen LogP contribution in [0.25, 0.3) is 0 Å². The highest BCUT2D eigenvalue weighted by Crippen LogP contribution is 2.13. The van der Waals surface area contributed by atoms with Crippen molar-refractivity contribution in [3.8, 4) is 0 Å². The lowest BCUT2D eigenvalue weighted by Crippen LogP contribution is -2.22. The predicted octanol–water partition coefficient (Wildman–Crippen LogP) is 2.34. The molecule has 0 aliphatic carbocycles. The molecule has 0 bridgehead atoms. The molecule has 0 saturated heterocycles. The standard InChI is InChI=1S/C15H19N5OS/c1-4-19(5-2)13-8-6-12(7-9-13)10-16-20-14(21)11(3)17-18-15(20)22/h6-10H,4-5H2,1-3H3,(H,18,22). The summed E-state index contributed by atoms with van der Waals surface area (Å²) < 4.78 is 1.31. The van der Waals surface area contributed by atoms with Crippen LogP contribution in [0.3, 0.4) is 0 Å². The molecule has 7 heteroatoms. The Labute approximate surface area is 134 Å². The van der Waals surface area contributed by atoms with Gasteiger partial charge in [0.15, 0.2) is 0 Å². The third-order valence-corrected chi connectivity index (χ3v) is 3.62. The molecule has 0 amide bonds. The molecule has 2 aromatic rings. The van der Waals surface area contributed by atoms with Crippen LogP contribution < -0.4 is 10.5 Å². The third-order valence-electron chi connectivity index (χ3n) is 3.36. The average Bonchev–Trinajstić information content (AvgIpc) is 2.53. The second-order valence-electron chi connectivity index (χ2n) is 4.74. The molecule has 0 atom stereocenters. The Balaban J connectivity index is 2.27. The highest BCUT2D eigenvalue weighted by atomic mass is 32.1. The summed E-state index contributed by atoms with van der Waals surface area (Å²) in [7, 11) is 0. The lowest BCUT2D eigenvalue weighted by Gasteiger charge is -2.20. The lowest BCUT2D eigenvalue weighted by atomic mass is 10.2. The van der Waals surface area contributed by atoms with Crippen molar-refractivity contribution in [1.82, 2.24) is 14.9 Å². The van der Waals surface area contributed by atoms with E-state index in [9.17, 15) is 4.79 Å². The second-order valence-corrected chi connectivity index (χ2v) is 5.13. The van der Waals surface area contributed by atoms with E-state index < -0.39 is 0 Å². The summed E-state index contributed by atoms with van der Waals surface area (Å²) in [6.07, 6.45) is 1.61. The van der Waals surface area contributed by atoms with E-state index in [1.165, 1.54) is 0 Å². The Bertz CT molecular complexity index is 772. The first-order valence-corrected chi connectivity index (χ1v) is 7.55. The minimum absolute atomic E-state index is 0.173. The summed E-state index contributed by atoms with van der Waals surface area (Å²) in [6, 6.07) is 8.00. The fourth-order valence-corrected chi connectivity index (χ4v) is 2.24. The molecule has 0 spiro atoms. The van der Waals surface area contributed by atoms with Crippen molar-refractivity contribution in [2.45, 2.75) is 20.8 Å². The molecule has 1 N–H and O–H groups in total. The van der Waals surface area contributed by atoms with Crippen LogP contribution in [-0.2, 0) is 0 Å². The number of aromatic amines is 1. The van der Waals surface area contributed by atoms with E-state index in [1.54, 1.807) is 13.1 Å². The van der Waals surface area contributed by atoms with Gasteiger partial charge in [-0.2, -0.15) is 14.9 Å². The van der Waals surface area contributed by atoms with Crippen LogP contribution in [0.2, 0.25) is 0 Å². The normalized spacial score (nSPS) is 11.0. The van der Waals surface area contributed by atoms with Gasteiger partial charge in [0, 0.05) is 18.8 Å². The quantitative estimate of drug-likeness (QED) is 0.679.